The normalized spacial score (nSPS) is 16.9. The van der Waals surface area contributed by atoms with Crippen LogP contribution in [0.25, 0.3) is 0 Å². The van der Waals surface area contributed by atoms with E-state index in [2.05, 4.69) is 33.8 Å². The van der Waals surface area contributed by atoms with E-state index in [4.69, 9.17) is 4.52 Å². The Balaban J connectivity index is 1.75. The first-order valence-corrected chi connectivity index (χ1v) is 8.67. The van der Waals surface area contributed by atoms with E-state index in [1.165, 1.54) is 31.2 Å². The number of hydrogen-bond acceptors (Lipinski definition) is 3. The van der Waals surface area contributed by atoms with Crippen molar-refractivity contribution in [2.24, 2.45) is 4.99 Å². The Morgan fingerprint density at radius 1 is 1.35 bits per heavy atom. The van der Waals surface area contributed by atoms with Gasteiger partial charge in [-0.2, -0.15) is 0 Å². The molecule has 0 spiro atoms. The second-order valence-corrected chi connectivity index (χ2v) is 6.38. The number of hydrogen-bond donors (Lipinski definition) is 2. The van der Waals surface area contributed by atoms with Crippen LogP contribution < -0.4 is 10.6 Å². The van der Waals surface area contributed by atoms with E-state index in [1.807, 2.05) is 20.9 Å². The van der Waals surface area contributed by atoms with Gasteiger partial charge in [0.2, 0.25) is 0 Å². The van der Waals surface area contributed by atoms with E-state index < -0.39 is 0 Å². The van der Waals surface area contributed by atoms with E-state index >= 15 is 0 Å². The Bertz CT molecular complexity index is 540. The zero-order chi connectivity index (χ0) is 16.7. The van der Waals surface area contributed by atoms with E-state index in [9.17, 15) is 0 Å². The third kappa shape index (κ3) is 5.12. The van der Waals surface area contributed by atoms with Crippen LogP contribution in [0.2, 0.25) is 0 Å². The second kappa shape index (κ2) is 8.75. The molecular weight excluding hydrogens is 288 g/mol. The Morgan fingerprint density at radius 2 is 2.17 bits per heavy atom. The molecule has 1 unspecified atom stereocenters. The smallest absolute Gasteiger partial charge is 0.191 e. The molecule has 5 heteroatoms. The van der Waals surface area contributed by atoms with Crippen molar-refractivity contribution < 1.29 is 4.52 Å². The van der Waals surface area contributed by atoms with Gasteiger partial charge in [0.05, 0.1) is 5.69 Å². The summed E-state index contributed by atoms with van der Waals surface area (Å²) in [5, 5.41) is 10.8. The molecular formula is C18H30N4O. The molecule has 1 aliphatic carbocycles. The monoisotopic (exact) mass is 318 g/mol. The fourth-order valence-electron chi connectivity index (χ4n) is 3.24. The minimum Gasteiger partial charge on any atom is -0.361 e. The lowest BCUT2D eigenvalue weighted by molar-refractivity contribution is 0.391. The summed E-state index contributed by atoms with van der Waals surface area (Å²) in [5.41, 5.74) is 3.76. The number of nitrogens with one attached hydrogen (secondary N) is 2. The van der Waals surface area contributed by atoms with Gasteiger partial charge in [-0.3, -0.25) is 4.99 Å². The number of aliphatic imine (C=N–C) groups is 1. The van der Waals surface area contributed by atoms with Crippen LogP contribution in [-0.2, 0) is 0 Å². The van der Waals surface area contributed by atoms with Gasteiger partial charge in [0.25, 0.3) is 0 Å². The van der Waals surface area contributed by atoms with Gasteiger partial charge in [-0.1, -0.05) is 23.7 Å². The average molecular weight is 318 g/mol. The molecule has 0 saturated heterocycles. The molecule has 23 heavy (non-hydrogen) atoms. The standard InChI is InChI=1S/C18H30N4O/c1-13(17-14(2)22-23-15(17)3)12-21-18(19-4)20-11-10-16-8-6-5-7-9-16/h8,13H,5-7,9-12H2,1-4H3,(H2,19,20,21). The predicted molar refractivity (Wildman–Crippen MR) is 94.9 cm³/mol. The lowest BCUT2D eigenvalue weighted by atomic mass is 9.97. The van der Waals surface area contributed by atoms with Gasteiger partial charge >= 0.3 is 0 Å². The van der Waals surface area contributed by atoms with E-state index in [1.54, 1.807) is 5.57 Å². The Hall–Kier alpha value is -1.78. The van der Waals surface area contributed by atoms with Gasteiger partial charge < -0.3 is 15.2 Å². The first kappa shape index (κ1) is 17.6. The third-order valence-corrected chi connectivity index (χ3v) is 4.50. The average Bonchev–Trinajstić information content (AvgIpc) is 2.90. The van der Waals surface area contributed by atoms with Crippen molar-refractivity contribution in [1.82, 2.24) is 15.8 Å². The minimum absolute atomic E-state index is 0.334. The van der Waals surface area contributed by atoms with Crippen molar-refractivity contribution >= 4 is 5.96 Å². The fourth-order valence-corrected chi connectivity index (χ4v) is 3.24. The number of aryl methyl sites for hydroxylation is 2. The molecule has 2 N–H and O–H groups in total. The number of aromatic nitrogens is 1. The topological polar surface area (TPSA) is 62.5 Å². The molecule has 0 amide bonds. The van der Waals surface area contributed by atoms with Crippen molar-refractivity contribution in [3.63, 3.8) is 0 Å². The molecule has 1 aliphatic rings. The Morgan fingerprint density at radius 3 is 2.78 bits per heavy atom. The SMILES string of the molecule is CN=C(NCCC1=CCCCC1)NCC(C)c1c(C)noc1C. The summed E-state index contributed by atoms with van der Waals surface area (Å²) in [6, 6.07) is 0. The summed E-state index contributed by atoms with van der Waals surface area (Å²) in [6.45, 7) is 7.89. The van der Waals surface area contributed by atoms with Crippen LogP contribution in [0.4, 0.5) is 0 Å². The number of guanidine groups is 1. The molecule has 1 atom stereocenters. The maximum atomic E-state index is 5.25. The number of nitrogens with zero attached hydrogens (tertiary/aromatic N) is 2. The van der Waals surface area contributed by atoms with Gasteiger partial charge in [-0.05, 0) is 46.0 Å². The Labute approximate surface area is 139 Å². The van der Waals surface area contributed by atoms with Crippen LogP contribution in [0.1, 0.15) is 62.0 Å². The molecule has 128 valence electrons. The molecule has 0 aliphatic heterocycles. The maximum Gasteiger partial charge on any atom is 0.191 e. The summed E-state index contributed by atoms with van der Waals surface area (Å²) in [6.07, 6.45) is 8.71. The molecule has 0 aromatic carbocycles. The highest BCUT2D eigenvalue weighted by Crippen LogP contribution is 2.22. The van der Waals surface area contributed by atoms with Crippen LogP contribution in [0.3, 0.4) is 0 Å². The van der Waals surface area contributed by atoms with Crippen LogP contribution in [0, 0.1) is 13.8 Å². The number of rotatable bonds is 6. The predicted octanol–water partition coefficient (Wildman–Crippen LogP) is 3.45. The first-order valence-electron chi connectivity index (χ1n) is 8.67. The zero-order valence-electron chi connectivity index (χ0n) is 14.9. The first-order chi connectivity index (χ1) is 11.1. The highest BCUT2D eigenvalue weighted by atomic mass is 16.5. The maximum absolute atomic E-state index is 5.25. The number of allylic oxidation sites excluding steroid dienone is 1. The minimum atomic E-state index is 0.334. The van der Waals surface area contributed by atoms with E-state index in [0.717, 1.165) is 36.9 Å². The quantitative estimate of drug-likeness (QED) is 0.479. The Kier molecular flexibility index (Phi) is 6.68. The molecule has 5 nitrogen and oxygen atoms in total. The van der Waals surface area contributed by atoms with Crippen LogP contribution in [0.15, 0.2) is 21.2 Å². The molecule has 1 aromatic rings. The van der Waals surface area contributed by atoms with Crippen molar-refractivity contribution in [2.45, 2.75) is 58.8 Å². The molecule has 1 aromatic heterocycles. The molecule has 0 bridgehead atoms. The molecule has 0 fully saturated rings. The summed E-state index contributed by atoms with van der Waals surface area (Å²) in [4.78, 5) is 4.30. The largest absolute Gasteiger partial charge is 0.361 e. The fraction of sp³-hybridized carbons (Fsp3) is 0.667. The highest BCUT2D eigenvalue weighted by molar-refractivity contribution is 5.79. The van der Waals surface area contributed by atoms with Gasteiger partial charge in [-0.25, -0.2) is 0 Å². The van der Waals surface area contributed by atoms with Crippen molar-refractivity contribution in [1.29, 1.82) is 0 Å². The highest BCUT2D eigenvalue weighted by Gasteiger charge is 2.16. The van der Waals surface area contributed by atoms with E-state index in [-0.39, 0.29) is 0 Å². The molecule has 0 radical (unpaired) electrons. The van der Waals surface area contributed by atoms with Crippen LogP contribution >= 0.6 is 0 Å². The summed E-state index contributed by atoms with van der Waals surface area (Å²) in [5.74, 6) is 2.10. The summed E-state index contributed by atoms with van der Waals surface area (Å²) < 4.78 is 5.25. The third-order valence-electron chi connectivity index (χ3n) is 4.50. The van der Waals surface area contributed by atoms with E-state index in [0.29, 0.717) is 5.92 Å². The summed E-state index contributed by atoms with van der Waals surface area (Å²) >= 11 is 0. The van der Waals surface area contributed by atoms with Gasteiger partial charge in [-0.15, -0.1) is 0 Å². The molecule has 0 saturated carbocycles. The van der Waals surface area contributed by atoms with Crippen LogP contribution in [-0.4, -0.2) is 31.3 Å². The van der Waals surface area contributed by atoms with Crippen LogP contribution in [0.5, 0.6) is 0 Å². The van der Waals surface area contributed by atoms with Gasteiger partial charge in [0, 0.05) is 31.6 Å². The lowest BCUT2D eigenvalue weighted by Gasteiger charge is -2.17. The van der Waals surface area contributed by atoms with Gasteiger partial charge in [0.1, 0.15) is 5.76 Å². The lowest BCUT2D eigenvalue weighted by Crippen LogP contribution is -2.39. The van der Waals surface area contributed by atoms with Crippen molar-refractivity contribution in [3.05, 3.63) is 28.7 Å². The summed E-state index contributed by atoms with van der Waals surface area (Å²) in [7, 11) is 1.82. The van der Waals surface area contributed by atoms with Gasteiger partial charge in [0.15, 0.2) is 5.96 Å². The zero-order valence-corrected chi connectivity index (χ0v) is 14.9. The molecule has 2 rings (SSSR count). The van der Waals surface area contributed by atoms with Crippen molar-refractivity contribution in [3.8, 4) is 0 Å². The van der Waals surface area contributed by atoms with Crippen molar-refractivity contribution in [2.75, 3.05) is 20.1 Å². The molecule has 1 heterocycles. The second-order valence-electron chi connectivity index (χ2n) is 6.38.